The van der Waals surface area contributed by atoms with Crippen molar-refractivity contribution in [2.24, 2.45) is 0 Å². The summed E-state index contributed by atoms with van der Waals surface area (Å²) in [6, 6.07) is 13.3. The van der Waals surface area contributed by atoms with E-state index in [1.54, 1.807) is 37.3 Å². The van der Waals surface area contributed by atoms with E-state index in [0.717, 1.165) is 28.1 Å². The number of nitrogens with zero attached hydrogens (tertiary/aromatic N) is 2. The molecule has 2 amide bonds. The van der Waals surface area contributed by atoms with Crippen LogP contribution in [0.15, 0.2) is 48.5 Å². The van der Waals surface area contributed by atoms with Gasteiger partial charge in [0.05, 0.1) is 11.9 Å². The molecule has 0 aliphatic rings. The number of carbonyl (C=O) groups excluding carboxylic acids is 2. The van der Waals surface area contributed by atoms with Crippen LogP contribution in [0.5, 0.6) is 0 Å². The first-order valence-corrected chi connectivity index (χ1v) is 13.6. The minimum absolute atomic E-state index is 0.115. The number of halogens is 1. The van der Waals surface area contributed by atoms with Crippen LogP contribution in [0.2, 0.25) is 5.02 Å². The van der Waals surface area contributed by atoms with Gasteiger partial charge in [-0.1, -0.05) is 56.6 Å². The van der Waals surface area contributed by atoms with Gasteiger partial charge in [0.25, 0.3) is 0 Å². The summed E-state index contributed by atoms with van der Waals surface area (Å²) in [7, 11) is -3.76. The summed E-state index contributed by atoms with van der Waals surface area (Å²) in [4.78, 5) is 27.5. The van der Waals surface area contributed by atoms with Crippen LogP contribution >= 0.6 is 11.6 Å². The number of benzene rings is 2. The Balaban J connectivity index is 2.37. The second-order valence-corrected chi connectivity index (χ2v) is 11.0. The third kappa shape index (κ3) is 7.74. The molecule has 0 spiro atoms. The predicted octanol–water partition coefficient (Wildman–Crippen LogP) is 4.17. The Hall–Kier alpha value is -2.58. The van der Waals surface area contributed by atoms with Crippen molar-refractivity contribution in [1.29, 1.82) is 0 Å². The topological polar surface area (TPSA) is 86.8 Å². The van der Waals surface area contributed by atoms with Crippen molar-refractivity contribution < 1.29 is 18.0 Å². The van der Waals surface area contributed by atoms with Gasteiger partial charge >= 0.3 is 0 Å². The van der Waals surface area contributed by atoms with E-state index in [2.05, 4.69) is 5.32 Å². The maximum Gasteiger partial charge on any atom is 0.244 e. The highest BCUT2D eigenvalue weighted by Crippen LogP contribution is 2.23. The van der Waals surface area contributed by atoms with Crippen LogP contribution in [0.4, 0.5) is 5.69 Å². The van der Waals surface area contributed by atoms with Crippen LogP contribution in [0.1, 0.15) is 51.2 Å². The lowest BCUT2D eigenvalue weighted by atomic mass is 10.0. The molecule has 0 fully saturated rings. The van der Waals surface area contributed by atoms with Crippen LogP contribution < -0.4 is 9.62 Å². The third-order valence-corrected chi connectivity index (χ3v) is 6.86. The Morgan fingerprint density at radius 3 is 2.24 bits per heavy atom. The Labute approximate surface area is 208 Å². The normalized spacial score (nSPS) is 12.3. The van der Waals surface area contributed by atoms with Gasteiger partial charge in [-0.2, -0.15) is 0 Å². The smallest absolute Gasteiger partial charge is 0.244 e. The molecule has 186 valence electrons. The predicted molar refractivity (Wildman–Crippen MR) is 137 cm³/mol. The van der Waals surface area contributed by atoms with Gasteiger partial charge < -0.3 is 10.2 Å². The van der Waals surface area contributed by atoms with Gasteiger partial charge in [0.15, 0.2) is 0 Å². The van der Waals surface area contributed by atoms with Gasteiger partial charge in [-0.25, -0.2) is 8.42 Å². The first kappa shape index (κ1) is 27.7. The molecule has 0 unspecified atom stereocenters. The minimum atomic E-state index is -3.76. The molecule has 9 heteroatoms. The molecule has 0 aliphatic carbocycles. The molecule has 1 N–H and O–H groups in total. The SMILES string of the molecule is CCCNC(=O)[C@@H](C)N(Cc1cccc(Cl)c1)C(=O)CN(c1ccc(C(C)C)cc1)S(C)(=O)=O. The average Bonchev–Trinajstić information content (AvgIpc) is 2.78. The summed E-state index contributed by atoms with van der Waals surface area (Å²) in [6.07, 6.45) is 1.82. The highest BCUT2D eigenvalue weighted by atomic mass is 35.5. The minimum Gasteiger partial charge on any atom is -0.354 e. The average molecular weight is 508 g/mol. The maximum absolute atomic E-state index is 13.5. The molecule has 7 nitrogen and oxygen atoms in total. The standard InChI is InChI=1S/C25H34ClN3O4S/c1-6-14-27-25(31)19(4)28(16-20-8-7-9-22(26)15-20)24(30)17-29(34(5,32)33)23-12-10-21(11-13-23)18(2)3/h7-13,15,18-19H,6,14,16-17H2,1-5H3,(H,27,31)/t19-/m1/s1. The van der Waals surface area contributed by atoms with Gasteiger partial charge in [-0.05, 0) is 54.7 Å². The molecule has 1 atom stereocenters. The lowest BCUT2D eigenvalue weighted by Crippen LogP contribution is -2.51. The van der Waals surface area contributed by atoms with Crippen LogP contribution in [0.3, 0.4) is 0 Å². The number of rotatable bonds is 11. The number of nitrogens with one attached hydrogen (secondary N) is 1. The van der Waals surface area contributed by atoms with Gasteiger partial charge in [0.1, 0.15) is 12.6 Å². The first-order chi connectivity index (χ1) is 15.9. The molecule has 0 aliphatic heterocycles. The van der Waals surface area contributed by atoms with E-state index < -0.39 is 28.5 Å². The fourth-order valence-corrected chi connectivity index (χ4v) is 4.51. The summed E-state index contributed by atoms with van der Waals surface area (Å²) in [5.41, 5.74) is 2.20. The van der Waals surface area contributed by atoms with E-state index in [9.17, 15) is 18.0 Å². The fourth-order valence-electron chi connectivity index (χ4n) is 3.45. The molecule has 2 rings (SSSR count). The van der Waals surface area contributed by atoms with Gasteiger partial charge in [-0.3, -0.25) is 13.9 Å². The molecule has 34 heavy (non-hydrogen) atoms. The first-order valence-electron chi connectivity index (χ1n) is 11.3. The molecule has 0 heterocycles. The zero-order valence-electron chi connectivity index (χ0n) is 20.4. The van der Waals surface area contributed by atoms with E-state index in [0.29, 0.717) is 17.3 Å². The summed E-state index contributed by atoms with van der Waals surface area (Å²) in [5, 5.41) is 3.32. The summed E-state index contributed by atoms with van der Waals surface area (Å²) in [5.74, 6) is -0.500. The molecule has 0 saturated heterocycles. The Kier molecular flexibility index (Phi) is 9.94. The highest BCUT2D eigenvalue weighted by Gasteiger charge is 2.30. The Morgan fingerprint density at radius 1 is 1.06 bits per heavy atom. The van der Waals surface area contributed by atoms with Gasteiger partial charge in [0.2, 0.25) is 21.8 Å². The van der Waals surface area contributed by atoms with E-state index in [-0.39, 0.29) is 18.4 Å². The summed E-state index contributed by atoms with van der Waals surface area (Å²) >= 11 is 6.11. The van der Waals surface area contributed by atoms with Crippen LogP contribution in [-0.4, -0.2) is 50.5 Å². The van der Waals surface area contributed by atoms with Crippen molar-refractivity contribution in [3.63, 3.8) is 0 Å². The molecule has 2 aromatic carbocycles. The summed E-state index contributed by atoms with van der Waals surface area (Å²) < 4.78 is 26.3. The molecule has 0 bridgehead atoms. The summed E-state index contributed by atoms with van der Waals surface area (Å²) in [6.45, 7) is 7.84. The van der Waals surface area contributed by atoms with Crippen molar-refractivity contribution in [3.8, 4) is 0 Å². The second kappa shape index (κ2) is 12.2. The molecule has 0 saturated carbocycles. The second-order valence-electron chi connectivity index (χ2n) is 8.63. The Bertz CT molecular complexity index is 1090. The van der Waals surface area contributed by atoms with Crippen LogP contribution in [0, 0.1) is 0 Å². The van der Waals surface area contributed by atoms with Crippen LogP contribution in [0.25, 0.3) is 0 Å². The third-order valence-electron chi connectivity index (χ3n) is 5.49. The zero-order chi connectivity index (χ0) is 25.5. The van der Waals surface area contributed by atoms with Crippen molar-refractivity contribution in [2.45, 2.75) is 52.6 Å². The maximum atomic E-state index is 13.5. The molecule has 0 aromatic heterocycles. The van der Waals surface area contributed by atoms with Crippen molar-refractivity contribution in [2.75, 3.05) is 23.7 Å². The number of hydrogen-bond donors (Lipinski definition) is 1. The zero-order valence-corrected chi connectivity index (χ0v) is 22.0. The molecule has 2 aromatic rings. The van der Waals surface area contributed by atoms with Crippen LogP contribution in [-0.2, 0) is 26.2 Å². The molecular formula is C25H34ClN3O4S. The number of amides is 2. The largest absolute Gasteiger partial charge is 0.354 e. The number of sulfonamides is 1. The van der Waals surface area contributed by atoms with Gasteiger partial charge in [-0.15, -0.1) is 0 Å². The monoisotopic (exact) mass is 507 g/mol. The van der Waals surface area contributed by atoms with E-state index in [1.807, 2.05) is 39.0 Å². The molecular weight excluding hydrogens is 474 g/mol. The number of hydrogen-bond acceptors (Lipinski definition) is 4. The number of anilines is 1. The van der Waals surface area contributed by atoms with E-state index in [1.165, 1.54) is 4.90 Å². The van der Waals surface area contributed by atoms with E-state index >= 15 is 0 Å². The lowest BCUT2D eigenvalue weighted by molar-refractivity contribution is -0.139. The lowest BCUT2D eigenvalue weighted by Gasteiger charge is -2.31. The van der Waals surface area contributed by atoms with Crippen molar-refractivity contribution in [3.05, 3.63) is 64.7 Å². The fraction of sp³-hybridized carbons (Fsp3) is 0.440. The quantitative estimate of drug-likeness (QED) is 0.494. The van der Waals surface area contributed by atoms with Crippen molar-refractivity contribution >= 4 is 39.1 Å². The van der Waals surface area contributed by atoms with Gasteiger partial charge in [0, 0.05) is 18.1 Å². The van der Waals surface area contributed by atoms with Crippen molar-refractivity contribution in [1.82, 2.24) is 10.2 Å². The van der Waals surface area contributed by atoms with E-state index in [4.69, 9.17) is 11.6 Å². The Morgan fingerprint density at radius 2 is 1.71 bits per heavy atom. The number of carbonyl (C=O) groups is 2. The highest BCUT2D eigenvalue weighted by molar-refractivity contribution is 7.92. The molecule has 0 radical (unpaired) electrons.